The first-order valence-electron chi connectivity index (χ1n) is 8.70. The van der Waals surface area contributed by atoms with E-state index in [2.05, 4.69) is 31.0 Å². The molecule has 0 aliphatic carbocycles. The normalized spacial score (nSPS) is 17.3. The number of nitrogens with zero attached hydrogens (tertiary/aromatic N) is 4. The van der Waals surface area contributed by atoms with Crippen LogP contribution in [-0.4, -0.2) is 59.9 Å². The van der Waals surface area contributed by atoms with E-state index < -0.39 is 0 Å². The Hall–Kier alpha value is -2.16. The Balaban J connectivity index is 1.77. The predicted octanol–water partition coefficient (Wildman–Crippen LogP) is -0.323. The highest BCUT2D eigenvalue weighted by Crippen LogP contribution is 2.13. The fraction of sp³-hybridized carbons (Fsp3) is 0.750. The van der Waals surface area contributed by atoms with E-state index in [-0.39, 0.29) is 17.9 Å². The molecular formula is C16H29N7O2. The number of hydrogen-bond acceptors (Lipinski definition) is 5. The minimum absolute atomic E-state index is 0.000415. The van der Waals surface area contributed by atoms with Crippen LogP contribution in [0.5, 0.6) is 0 Å². The molecule has 0 bridgehead atoms. The molecule has 0 radical (unpaired) electrons. The Bertz CT molecular complexity index is 597. The number of aryl methyl sites for hydroxylation is 1. The van der Waals surface area contributed by atoms with Crippen LogP contribution in [0.1, 0.15) is 31.9 Å². The molecule has 140 valence electrons. The van der Waals surface area contributed by atoms with Gasteiger partial charge in [0.2, 0.25) is 5.91 Å². The van der Waals surface area contributed by atoms with Crippen molar-refractivity contribution >= 4 is 11.9 Å². The molecule has 1 amide bonds. The number of carbonyl (C=O) groups excluding carboxylic acids is 1. The molecule has 2 heterocycles. The fourth-order valence-electron chi connectivity index (χ4n) is 2.63. The van der Waals surface area contributed by atoms with Gasteiger partial charge in [0, 0.05) is 45.6 Å². The van der Waals surface area contributed by atoms with Crippen LogP contribution in [-0.2, 0) is 29.1 Å². The summed E-state index contributed by atoms with van der Waals surface area (Å²) in [5.74, 6) is 2.51. The molecule has 9 nitrogen and oxygen atoms in total. The van der Waals surface area contributed by atoms with E-state index in [0.717, 1.165) is 37.0 Å². The molecule has 25 heavy (non-hydrogen) atoms. The smallest absolute Gasteiger partial charge is 0.222 e. The number of methoxy groups -OCH3 is 1. The molecule has 1 aliphatic rings. The molecule has 1 unspecified atom stereocenters. The lowest BCUT2D eigenvalue weighted by Crippen LogP contribution is -2.48. The first-order valence-corrected chi connectivity index (χ1v) is 8.70. The molecule has 0 saturated carbocycles. The summed E-state index contributed by atoms with van der Waals surface area (Å²) >= 11 is 0. The Kier molecular flexibility index (Phi) is 7.17. The van der Waals surface area contributed by atoms with Crippen LogP contribution in [0.15, 0.2) is 4.99 Å². The molecular weight excluding hydrogens is 322 g/mol. The predicted molar refractivity (Wildman–Crippen MR) is 95.2 cm³/mol. The number of guanidine groups is 1. The first-order chi connectivity index (χ1) is 12.0. The van der Waals surface area contributed by atoms with Crippen molar-refractivity contribution in [2.24, 2.45) is 10.9 Å². The SMILES string of the molecule is CN=C(NCCNC(=O)C(C)C)NC1CCc2nc(COC)nn2C1. The van der Waals surface area contributed by atoms with Gasteiger partial charge in [-0.3, -0.25) is 9.79 Å². The standard InChI is InChI=1S/C16H29N7O2/c1-11(2)15(24)18-7-8-19-16(17-3)20-12-5-6-14-21-13(10-25-4)22-23(14)9-12/h11-12H,5-10H2,1-4H3,(H,18,24)(H2,17,19,20). The Morgan fingerprint density at radius 3 is 2.84 bits per heavy atom. The third-order valence-electron chi connectivity index (χ3n) is 3.98. The summed E-state index contributed by atoms with van der Waals surface area (Å²) in [6, 6.07) is 0.237. The monoisotopic (exact) mass is 351 g/mol. The molecule has 0 saturated heterocycles. The highest BCUT2D eigenvalue weighted by molar-refractivity contribution is 5.80. The highest BCUT2D eigenvalue weighted by atomic mass is 16.5. The molecule has 9 heteroatoms. The number of hydrogen-bond donors (Lipinski definition) is 3. The van der Waals surface area contributed by atoms with E-state index in [1.54, 1.807) is 14.2 Å². The zero-order chi connectivity index (χ0) is 18.2. The lowest BCUT2D eigenvalue weighted by molar-refractivity contribution is -0.123. The summed E-state index contributed by atoms with van der Waals surface area (Å²) in [5.41, 5.74) is 0. The number of rotatable bonds is 7. The number of ether oxygens (including phenoxy) is 1. The van der Waals surface area contributed by atoms with Gasteiger partial charge in [-0.05, 0) is 6.42 Å². The minimum Gasteiger partial charge on any atom is -0.377 e. The van der Waals surface area contributed by atoms with Crippen LogP contribution in [0.3, 0.4) is 0 Å². The Morgan fingerprint density at radius 2 is 2.16 bits per heavy atom. The van der Waals surface area contributed by atoms with Gasteiger partial charge in [-0.25, -0.2) is 9.67 Å². The van der Waals surface area contributed by atoms with E-state index in [1.165, 1.54) is 0 Å². The number of aliphatic imine (C=N–C) groups is 1. The molecule has 0 spiro atoms. The van der Waals surface area contributed by atoms with Gasteiger partial charge in [-0.2, -0.15) is 5.10 Å². The molecule has 1 aromatic rings. The van der Waals surface area contributed by atoms with Gasteiger partial charge < -0.3 is 20.7 Å². The van der Waals surface area contributed by atoms with E-state index in [9.17, 15) is 4.79 Å². The van der Waals surface area contributed by atoms with Gasteiger partial charge in [-0.15, -0.1) is 0 Å². The summed E-state index contributed by atoms with van der Waals surface area (Å²) in [5, 5.41) is 14.0. The van der Waals surface area contributed by atoms with Crippen LogP contribution in [0, 0.1) is 5.92 Å². The van der Waals surface area contributed by atoms with Crippen LogP contribution in [0.2, 0.25) is 0 Å². The quantitative estimate of drug-likeness (QED) is 0.353. The van der Waals surface area contributed by atoms with Gasteiger partial charge in [0.05, 0.1) is 6.54 Å². The molecule has 2 rings (SSSR count). The van der Waals surface area contributed by atoms with Gasteiger partial charge in [0.25, 0.3) is 0 Å². The van der Waals surface area contributed by atoms with Gasteiger partial charge in [0.1, 0.15) is 12.4 Å². The van der Waals surface area contributed by atoms with Gasteiger partial charge in [0.15, 0.2) is 11.8 Å². The van der Waals surface area contributed by atoms with E-state index in [1.807, 2.05) is 18.5 Å². The number of nitrogens with one attached hydrogen (secondary N) is 3. The van der Waals surface area contributed by atoms with Crippen molar-refractivity contribution in [3.05, 3.63) is 11.6 Å². The Labute approximate surface area is 148 Å². The maximum absolute atomic E-state index is 11.5. The number of carbonyl (C=O) groups is 1. The van der Waals surface area contributed by atoms with Crippen molar-refractivity contribution in [1.82, 2.24) is 30.7 Å². The second-order valence-corrected chi connectivity index (χ2v) is 6.38. The average molecular weight is 351 g/mol. The summed E-state index contributed by atoms with van der Waals surface area (Å²) < 4.78 is 7.02. The lowest BCUT2D eigenvalue weighted by atomic mass is 10.1. The summed E-state index contributed by atoms with van der Waals surface area (Å²) in [7, 11) is 3.38. The third-order valence-corrected chi connectivity index (χ3v) is 3.98. The molecule has 1 aliphatic heterocycles. The van der Waals surface area contributed by atoms with Crippen LogP contribution in [0.4, 0.5) is 0 Å². The Morgan fingerprint density at radius 1 is 1.40 bits per heavy atom. The zero-order valence-electron chi connectivity index (χ0n) is 15.5. The third kappa shape index (κ3) is 5.70. The molecule has 3 N–H and O–H groups in total. The van der Waals surface area contributed by atoms with Crippen molar-refractivity contribution in [2.75, 3.05) is 27.2 Å². The maximum atomic E-state index is 11.5. The largest absolute Gasteiger partial charge is 0.377 e. The molecule has 1 atom stereocenters. The summed E-state index contributed by atoms with van der Waals surface area (Å²) in [6.07, 6.45) is 1.84. The van der Waals surface area contributed by atoms with Crippen molar-refractivity contribution in [3.63, 3.8) is 0 Å². The van der Waals surface area contributed by atoms with Crippen LogP contribution >= 0.6 is 0 Å². The van der Waals surface area contributed by atoms with Crippen LogP contribution in [0.25, 0.3) is 0 Å². The van der Waals surface area contributed by atoms with E-state index in [0.29, 0.717) is 19.7 Å². The second kappa shape index (κ2) is 9.36. The summed E-state index contributed by atoms with van der Waals surface area (Å²) in [6.45, 7) is 6.12. The topological polar surface area (TPSA) is 105 Å². The number of amides is 1. The van der Waals surface area contributed by atoms with E-state index in [4.69, 9.17) is 4.74 Å². The van der Waals surface area contributed by atoms with Crippen molar-refractivity contribution in [3.8, 4) is 0 Å². The second-order valence-electron chi connectivity index (χ2n) is 6.38. The lowest BCUT2D eigenvalue weighted by Gasteiger charge is -2.25. The van der Waals surface area contributed by atoms with Gasteiger partial charge in [-0.1, -0.05) is 13.8 Å². The first kappa shape index (κ1) is 19.2. The molecule has 0 aromatic carbocycles. The summed E-state index contributed by atoms with van der Waals surface area (Å²) in [4.78, 5) is 20.2. The number of aromatic nitrogens is 3. The van der Waals surface area contributed by atoms with E-state index >= 15 is 0 Å². The van der Waals surface area contributed by atoms with Crippen LogP contribution < -0.4 is 16.0 Å². The van der Waals surface area contributed by atoms with Crippen molar-refractivity contribution in [1.29, 1.82) is 0 Å². The fourth-order valence-corrected chi connectivity index (χ4v) is 2.63. The molecule has 1 aromatic heterocycles. The van der Waals surface area contributed by atoms with Crippen molar-refractivity contribution in [2.45, 2.75) is 45.9 Å². The molecule has 0 fully saturated rings. The maximum Gasteiger partial charge on any atom is 0.222 e. The highest BCUT2D eigenvalue weighted by Gasteiger charge is 2.22. The van der Waals surface area contributed by atoms with Crippen molar-refractivity contribution < 1.29 is 9.53 Å². The minimum atomic E-state index is -0.000415. The average Bonchev–Trinajstić information content (AvgIpc) is 2.99. The number of fused-ring (bicyclic) bond motifs is 1. The zero-order valence-corrected chi connectivity index (χ0v) is 15.5. The van der Waals surface area contributed by atoms with Gasteiger partial charge >= 0.3 is 0 Å².